The maximum Gasteiger partial charge on any atom is 0.0869 e. The average molecular weight is 148 g/mol. The van der Waals surface area contributed by atoms with E-state index >= 15 is 0 Å². The predicted octanol–water partition coefficient (Wildman–Crippen LogP) is 1.33. The second kappa shape index (κ2) is 1.98. The standard InChI is InChI=1S/C9H12N2/c1-9(10)6-7-4-2-3-5-8(7)11-9/h2-5,11H,6,10H2,1H3. The number of hydrogen-bond acceptors (Lipinski definition) is 2. The van der Waals surface area contributed by atoms with Gasteiger partial charge >= 0.3 is 0 Å². The maximum atomic E-state index is 5.92. The summed E-state index contributed by atoms with van der Waals surface area (Å²) < 4.78 is 0. The van der Waals surface area contributed by atoms with E-state index in [0.717, 1.165) is 6.42 Å². The van der Waals surface area contributed by atoms with Crippen LogP contribution in [-0.2, 0) is 6.42 Å². The minimum absolute atomic E-state index is 0.246. The first-order chi connectivity index (χ1) is 5.17. The van der Waals surface area contributed by atoms with Crippen LogP contribution in [0, 0.1) is 0 Å². The normalized spacial score (nSPS) is 27.8. The summed E-state index contributed by atoms with van der Waals surface area (Å²) >= 11 is 0. The van der Waals surface area contributed by atoms with Gasteiger partial charge in [-0.2, -0.15) is 0 Å². The SMILES string of the molecule is CC1(N)Cc2ccccc2N1. The third-order valence-electron chi connectivity index (χ3n) is 2.00. The lowest BCUT2D eigenvalue weighted by atomic mass is 10.1. The van der Waals surface area contributed by atoms with Crippen molar-refractivity contribution in [1.29, 1.82) is 0 Å². The molecule has 11 heavy (non-hydrogen) atoms. The van der Waals surface area contributed by atoms with Crippen LogP contribution in [0.4, 0.5) is 5.69 Å². The van der Waals surface area contributed by atoms with Crippen molar-refractivity contribution in [3.05, 3.63) is 29.8 Å². The van der Waals surface area contributed by atoms with Crippen molar-refractivity contribution in [2.24, 2.45) is 5.73 Å². The van der Waals surface area contributed by atoms with Crippen LogP contribution < -0.4 is 11.1 Å². The molecular weight excluding hydrogens is 136 g/mol. The number of anilines is 1. The van der Waals surface area contributed by atoms with Crippen LogP contribution in [0.2, 0.25) is 0 Å². The van der Waals surface area contributed by atoms with Gasteiger partial charge < -0.3 is 11.1 Å². The molecular formula is C9H12N2. The summed E-state index contributed by atoms with van der Waals surface area (Å²) in [6.07, 6.45) is 0.920. The molecule has 2 nitrogen and oxygen atoms in total. The monoisotopic (exact) mass is 148 g/mol. The Kier molecular flexibility index (Phi) is 1.20. The molecule has 1 aromatic rings. The van der Waals surface area contributed by atoms with Crippen LogP contribution in [0.3, 0.4) is 0 Å². The second-order valence-corrected chi connectivity index (χ2v) is 3.38. The van der Waals surface area contributed by atoms with Crippen molar-refractivity contribution in [1.82, 2.24) is 0 Å². The number of nitrogens with one attached hydrogen (secondary N) is 1. The Morgan fingerprint density at radius 2 is 2.18 bits per heavy atom. The molecule has 0 saturated carbocycles. The summed E-state index contributed by atoms with van der Waals surface area (Å²) in [4.78, 5) is 0. The lowest BCUT2D eigenvalue weighted by Crippen LogP contribution is -2.42. The van der Waals surface area contributed by atoms with Crippen LogP contribution in [0.5, 0.6) is 0 Å². The lowest BCUT2D eigenvalue weighted by Gasteiger charge is -2.17. The van der Waals surface area contributed by atoms with Crippen LogP contribution in [0.1, 0.15) is 12.5 Å². The number of para-hydroxylation sites is 1. The van der Waals surface area contributed by atoms with E-state index in [2.05, 4.69) is 17.4 Å². The molecule has 2 heteroatoms. The average Bonchev–Trinajstić information content (AvgIpc) is 2.21. The van der Waals surface area contributed by atoms with Crippen LogP contribution in [-0.4, -0.2) is 5.66 Å². The van der Waals surface area contributed by atoms with Gasteiger partial charge in [0.25, 0.3) is 0 Å². The largest absolute Gasteiger partial charge is 0.367 e. The molecule has 0 fully saturated rings. The number of hydrogen-bond donors (Lipinski definition) is 2. The summed E-state index contributed by atoms with van der Waals surface area (Å²) in [6, 6.07) is 8.24. The molecule has 0 radical (unpaired) electrons. The summed E-state index contributed by atoms with van der Waals surface area (Å²) in [5, 5.41) is 3.25. The molecule has 0 bridgehead atoms. The van der Waals surface area contributed by atoms with Gasteiger partial charge in [-0.25, -0.2) is 0 Å². The molecule has 1 aliphatic heterocycles. The zero-order valence-electron chi connectivity index (χ0n) is 6.59. The molecule has 0 amide bonds. The first-order valence-corrected chi connectivity index (χ1v) is 3.82. The fraction of sp³-hybridized carbons (Fsp3) is 0.333. The molecule has 1 unspecified atom stereocenters. The van der Waals surface area contributed by atoms with Crippen molar-refractivity contribution in [3.63, 3.8) is 0 Å². The van der Waals surface area contributed by atoms with Gasteiger partial charge in [0.2, 0.25) is 0 Å². The Labute approximate surface area is 66.4 Å². The molecule has 58 valence electrons. The van der Waals surface area contributed by atoms with E-state index < -0.39 is 0 Å². The Morgan fingerprint density at radius 3 is 2.91 bits per heavy atom. The highest BCUT2D eigenvalue weighted by Crippen LogP contribution is 2.28. The number of benzene rings is 1. The molecule has 0 aromatic heterocycles. The molecule has 0 spiro atoms. The van der Waals surface area contributed by atoms with Crippen molar-refractivity contribution in [2.45, 2.75) is 19.0 Å². The Balaban J connectivity index is 2.41. The number of nitrogens with two attached hydrogens (primary N) is 1. The van der Waals surface area contributed by atoms with Gasteiger partial charge in [-0.1, -0.05) is 18.2 Å². The van der Waals surface area contributed by atoms with Crippen molar-refractivity contribution in [2.75, 3.05) is 5.32 Å². The zero-order chi connectivity index (χ0) is 7.90. The highest BCUT2D eigenvalue weighted by molar-refractivity contribution is 5.57. The van der Waals surface area contributed by atoms with E-state index in [1.165, 1.54) is 11.3 Å². The predicted molar refractivity (Wildman–Crippen MR) is 46.4 cm³/mol. The zero-order valence-corrected chi connectivity index (χ0v) is 6.59. The minimum Gasteiger partial charge on any atom is -0.367 e. The molecule has 0 saturated heterocycles. The molecule has 1 heterocycles. The van der Waals surface area contributed by atoms with Crippen LogP contribution in [0.25, 0.3) is 0 Å². The van der Waals surface area contributed by atoms with Crippen molar-refractivity contribution < 1.29 is 0 Å². The first kappa shape index (κ1) is 6.68. The number of rotatable bonds is 0. The fourth-order valence-electron chi connectivity index (χ4n) is 1.54. The van der Waals surface area contributed by atoms with E-state index in [1.54, 1.807) is 0 Å². The molecule has 1 aromatic carbocycles. The van der Waals surface area contributed by atoms with Gasteiger partial charge in [-0.3, -0.25) is 0 Å². The first-order valence-electron chi connectivity index (χ1n) is 3.82. The smallest absolute Gasteiger partial charge is 0.0869 e. The molecule has 2 rings (SSSR count). The lowest BCUT2D eigenvalue weighted by molar-refractivity contribution is 0.561. The third-order valence-corrected chi connectivity index (χ3v) is 2.00. The Hall–Kier alpha value is -1.02. The summed E-state index contributed by atoms with van der Waals surface area (Å²) in [5.74, 6) is 0. The third kappa shape index (κ3) is 1.10. The molecule has 0 aliphatic carbocycles. The second-order valence-electron chi connectivity index (χ2n) is 3.38. The topological polar surface area (TPSA) is 38.0 Å². The summed E-state index contributed by atoms with van der Waals surface area (Å²) in [5.41, 5.74) is 8.17. The quantitative estimate of drug-likeness (QED) is 0.582. The van der Waals surface area contributed by atoms with Gasteiger partial charge in [-0.05, 0) is 18.6 Å². The molecule has 1 atom stereocenters. The van der Waals surface area contributed by atoms with E-state index in [4.69, 9.17) is 5.73 Å². The van der Waals surface area contributed by atoms with E-state index in [1.807, 2.05) is 19.1 Å². The molecule has 3 N–H and O–H groups in total. The van der Waals surface area contributed by atoms with E-state index in [0.29, 0.717) is 0 Å². The van der Waals surface area contributed by atoms with Gasteiger partial charge in [0, 0.05) is 12.1 Å². The van der Waals surface area contributed by atoms with E-state index in [-0.39, 0.29) is 5.66 Å². The van der Waals surface area contributed by atoms with Crippen LogP contribution >= 0.6 is 0 Å². The Morgan fingerprint density at radius 1 is 1.45 bits per heavy atom. The summed E-state index contributed by atoms with van der Waals surface area (Å²) in [7, 11) is 0. The van der Waals surface area contributed by atoms with Gasteiger partial charge in [-0.15, -0.1) is 0 Å². The highest BCUT2D eigenvalue weighted by atomic mass is 15.1. The van der Waals surface area contributed by atoms with E-state index in [9.17, 15) is 0 Å². The van der Waals surface area contributed by atoms with Gasteiger partial charge in [0.1, 0.15) is 0 Å². The van der Waals surface area contributed by atoms with Crippen molar-refractivity contribution in [3.8, 4) is 0 Å². The molecule has 1 aliphatic rings. The van der Waals surface area contributed by atoms with Crippen LogP contribution in [0.15, 0.2) is 24.3 Å². The fourth-order valence-corrected chi connectivity index (χ4v) is 1.54. The Bertz CT molecular complexity index is 252. The van der Waals surface area contributed by atoms with Gasteiger partial charge in [0.15, 0.2) is 0 Å². The minimum atomic E-state index is -0.246. The number of fused-ring (bicyclic) bond motifs is 1. The summed E-state index contributed by atoms with van der Waals surface area (Å²) in [6.45, 7) is 2.01. The maximum absolute atomic E-state index is 5.92. The van der Waals surface area contributed by atoms with Gasteiger partial charge in [0.05, 0.1) is 5.66 Å². The highest BCUT2D eigenvalue weighted by Gasteiger charge is 2.26. The van der Waals surface area contributed by atoms with Crippen molar-refractivity contribution >= 4 is 5.69 Å².